The van der Waals surface area contributed by atoms with E-state index in [4.69, 9.17) is 21.1 Å². The highest BCUT2D eigenvalue weighted by molar-refractivity contribution is 14.1. The summed E-state index contributed by atoms with van der Waals surface area (Å²) in [6.07, 6.45) is 1.76. The number of aromatic nitrogens is 1. The highest BCUT2D eigenvalue weighted by Gasteiger charge is 2.34. The van der Waals surface area contributed by atoms with Crippen LogP contribution in [0.4, 0.5) is 0 Å². The lowest BCUT2D eigenvalue weighted by atomic mass is 9.96. The number of carbonyl (C=O) groups is 1. The zero-order chi connectivity index (χ0) is 30.0. The molecule has 0 N–H and O–H groups in total. The Morgan fingerprint density at radius 2 is 1.98 bits per heavy atom. The van der Waals surface area contributed by atoms with Crippen LogP contribution in [0.3, 0.4) is 0 Å². The lowest BCUT2D eigenvalue weighted by Crippen LogP contribution is -2.40. The van der Waals surface area contributed by atoms with Crippen LogP contribution >= 0.6 is 61.5 Å². The summed E-state index contributed by atoms with van der Waals surface area (Å²) in [7, 11) is 0. The van der Waals surface area contributed by atoms with Crippen LogP contribution < -0.4 is 19.6 Å². The minimum Gasteiger partial charge on any atom is -0.487 e. The van der Waals surface area contributed by atoms with Gasteiger partial charge in [0.05, 0.1) is 37.6 Å². The summed E-state index contributed by atoms with van der Waals surface area (Å²) in [5, 5.41) is 9.90. The molecule has 7 nitrogen and oxygen atoms in total. The topological polar surface area (TPSA) is 93.7 Å². The first-order chi connectivity index (χ1) is 20.2. The highest BCUT2D eigenvalue weighted by Crippen LogP contribution is 2.35. The number of allylic oxidation sites excluding steroid dienone is 1. The second kappa shape index (κ2) is 13.0. The highest BCUT2D eigenvalue weighted by atomic mass is 127. The van der Waals surface area contributed by atoms with Crippen molar-refractivity contribution in [1.29, 1.82) is 5.26 Å². The largest absolute Gasteiger partial charge is 0.487 e. The molecule has 0 saturated heterocycles. The van der Waals surface area contributed by atoms with E-state index in [1.54, 1.807) is 44.2 Å². The van der Waals surface area contributed by atoms with Gasteiger partial charge in [-0.05, 0) is 72.3 Å². The maximum atomic E-state index is 14.1. The monoisotopic (exact) mass is 773 g/mol. The van der Waals surface area contributed by atoms with Gasteiger partial charge in [0.1, 0.15) is 18.4 Å². The molecular weight excluding hydrogens is 753 g/mol. The number of benzene rings is 3. The Kier molecular flexibility index (Phi) is 9.32. The molecule has 5 rings (SSSR count). The van der Waals surface area contributed by atoms with Crippen LogP contribution in [-0.4, -0.2) is 17.1 Å². The number of carbonyl (C=O) groups excluding carboxylic acids is 1. The molecule has 0 radical (unpaired) electrons. The first-order valence-electron chi connectivity index (χ1n) is 12.8. The average Bonchev–Trinajstić information content (AvgIpc) is 3.26. The molecule has 0 aliphatic carbocycles. The Morgan fingerprint density at radius 1 is 1.24 bits per heavy atom. The van der Waals surface area contributed by atoms with Crippen molar-refractivity contribution in [3.8, 4) is 11.8 Å². The van der Waals surface area contributed by atoms with E-state index in [2.05, 4.69) is 49.6 Å². The molecule has 0 spiro atoms. The fourth-order valence-electron chi connectivity index (χ4n) is 4.67. The Balaban J connectivity index is 1.66. The van der Waals surface area contributed by atoms with E-state index in [0.717, 1.165) is 13.6 Å². The standard InChI is InChI=1S/C31H22BrClIN3O4S/c1-3-40-30(39)26-17(2)36-31-37(27(26)22-10-6-7-11-23(22)33)29(38)25(42-31)13-20-12-21(32)14-24(34)28(20)41-16-19-9-5-4-8-18(19)15-35/h4-14,27H,3,16H2,1-2H3/b25-13-/t27-/m1/s1. The van der Waals surface area contributed by atoms with Crippen molar-refractivity contribution < 1.29 is 14.3 Å². The van der Waals surface area contributed by atoms with Crippen molar-refractivity contribution in [3.63, 3.8) is 0 Å². The molecule has 4 aromatic rings. The van der Waals surface area contributed by atoms with E-state index in [1.165, 1.54) is 15.9 Å². The average molecular weight is 775 g/mol. The van der Waals surface area contributed by atoms with Crippen LogP contribution in [0, 0.1) is 14.9 Å². The molecule has 1 atom stereocenters. The minimum atomic E-state index is -0.808. The first-order valence-corrected chi connectivity index (χ1v) is 15.8. The molecule has 0 bridgehead atoms. The van der Waals surface area contributed by atoms with Crippen LogP contribution in [-0.2, 0) is 16.1 Å². The summed E-state index contributed by atoms with van der Waals surface area (Å²) < 4.78 is 15.1. The van der Waals surface area contributed by atoms with Crippen LogP contribution in [0.1, 0.15) is 42.1 Å². The summed E-state index contributed by atoms with van der Waals surface area (Å²) in [4.78, 5) is 32.3. The molecule has 1 aromatic heterocycles. The van der Waals surface area contributed by atoms with Crippen molar-refractivity contribution in [2.75, 3.05) is 6.61 Å². The Labute approximate surface area is 272 Å². The van der Waals surface area contributed by atoms with Gasteiger partial charge in [-0.2, -0.15) is 5.26 Å². The maximum absolute atomic E-state index is 14.1. The molecule has 1 aliphatic rings. The number of halogens is 3. The molecule has 212 valence electrons. The number of nitrogens with zero attached hydrogens (tertiary/aromatic N) is 3. The van der Waals surface area contributed by atoms with Crippen molar-refractivity contribution in [1.82, 2.24) is 4.57 Å². The SMILES string of the molecule is CCOC(=O)C1=C(C)N=c2s/c(=C\c3cc(Br)cc(I)c3OCc3ccccc3C#N)c(=O)n2[C@@H]1c1ccccc1Cl. The third kappa shape index (κ3) is 5.97. The molecule has 0 unspecified atom stereocenters. The van der Waals surface area contributed by atoms with Crippen molar-refractivity contribution >= 4 is 73.5 Å². The lowest BCUT2D eigenvalue weighted by molar-refractivity contribution is -0.139. The minimum absolute atomic E-state index is 0.179. The predicted molar refractivity (Wildman–Crippen MR) is 174 cm³/mol. The summed E-state index contributed by atoms with van der Waals surface area (Å²) in [5.74, 6) is 0.0243. The summed E-state index contributed by atoms with van der Waals surface area (Å²) >= 11 is 13.6. The maximum Gasteiger partial charge on any atom is 0.338 e. The fourth-order valence-corrected chi connectivity index (χ4v) is 7.65. The summed E-state index contributed by atoms with van der Waals surface area (Å²) in [6, 6.07) is 19.5. The Hall–Kier alpha value is -3.24. The molecule has 0 saturated carbocycles. The van der Waals surface area contributed by atoms with Crippen LogP contribution in [0.2, 0.25) is 5.02 Å². The third-order valence-electron chi connectivity index (χ3n) is 6.55. The van der Waals surface area contributed by atoms with Crippen molar-refractivity contribution in [3.05, 3.63) is 127 Å². The van der Waals surface area contributed by atoms with E-state index < -0.39 is 12.0 Å². The van der Waals surface area contributed by atoms with Gasteiger partial charge in [-0.1, -0.05) is 75.3 Å². The van der Waals surface area contributed by atoms with Crippen LogP contribution in [0.15, 0.2) is 86.2 Å². The molecule has 3 aromatic carbocycles. The molecule has 11 heteroatoms. The second-order valence-electron chi connectivity index (χ2n) is 9.19. The first kappa shape index (κ1) is 30.2. The van der Waals surface area contributed by atoms with Gasteiger partial charge < -0.3 is 9.47 Å². The number of rotatable bonds is 7. The van der Waals surface area contributed by atoms with E-state index in [-0.39, 0.29) is 24.3 Å². The number of thiazole rings is 1. The van der Waals surface area contributed by atoms with Gasteiger partial charge in [-0.25, -0.2) is 9.79 Å². The van der Waals surface area contributed by atoms with E-state index in [9.17, 15) is 14.9 Å². The smallest absolute Gasteiger partial charge is 0.338 e. The van der Waals surface area contributed by atoms with Crippen molar-refractivity contribution in [2.24, 2.45) is 4.99 Å². The normalized spacial score (nSPS) is 14.7. The molecule has 0 amide bonds. The van der Waals surface area contributed by atoms with Crippen LogP contribution in [0.5, 0.6) is 5.75 Å². The zero-order valence-electron chi connectivity index (χ0n) is 22.4. The third-order valence-corrected chi connectivity index (χ3v) is 9.14. The second-order valence-corrected chi connectivity index (χ2v) is 12.7. The number of hydrogen-bond donors (Lipinski definition) is 0. The van der Waals surface area contributed by atoms with Gasteiger partial charge in [-0.15, -0.1) is 0 Å². The summed E-state index contributed by atoms with van der Waals surface area (Å²) in [6.45, 7) is 3.82. The van der Waals surface area contributed by atoms with Gasteiger partial charge in [0.15, 0.2) is 4.80 Å². The van der Waals surface area contributed by atoms with E-state index in [1.807, 2.05) is 36.4 Å². The van der Waals surface area contributed by atoms with E-state index in [0.29, 0.717) is 42.5 Å². The van der Waals surface area contributed by atoms with E-state index >= 15 is 0 Å². The number of fused-ring (bicyclic) bond motifs is 1. The molecule has 0 fully saturated rings. The van der Waals surface area contributed by atoms with Gasteiger partial charge in [0.2, 0.25) is 0 Å². The van der Waals surface area contributed by atoms with Gasteiger partial charge in [-0.3, -0.25) is 9.36 Å². The molecule has 42 heavy (non-hydrogen) atoms. The zero-order valence-corrected chi connectivity index (χ0v) is 27.7. The molecular formula is C31H22BrClIN3O4S. The number of hydrogen-bond acceptors (Lipinski definition) is 7. The quantitative estimate of drug-likeness (QED) is 0.163. The Morgan fingerprint density at radius 3 is 2.71 bits per heavy atom. The van der Waals surface area contributed by atoms with Crippen LogP contribution in [0.25, 0.3) is 6.08 Å². The Bertz CT molecular complexity index is 1980. The number of ether oxygens (including phenoxy) is 2. The van der Waals surface area contributed by atoms with Gasteiger partial charge in [0.25, 0.3) is 5.56 Å². The molecule has 2 heterocycles. The summed E-state index contributed by atoms with van der Waals surface area (Å²) in [5.41, 5.74) is 2.96. The fraction of sp³-hybridized carbons (Fsp3) is 0.161. The molecule has 1 aliphatic heterocycles. The predicted octanol–water partition coefficient (Wildman–Crippen LogP) is 6.27. The number of nitriles is 1. The van der Waals surface area contributed by atoms with Gasteiger partial charge in [0, 0.05) is 20.6 Å². The van der Waals surface area contributed by atoms with Gasteiger partial charge >= 0.3 is 5.97 Å². The lowest BCUT2D eigenvalue weighted by Gasteiger charge is -2.25. The number of esters is 1. The van der Waals surface area contributed by atoms with Crippen molar-refractivity contribution in [2.45, 2.75) is 26.5 Å².